The van der Waals surface area contributed by atoms with Crippen molar-refractivity contribution in [3.63, 3.8) is 0 Å². The van der Waals surface area contributed by atoms with E-state index in [-0.39, 0.29) is 11.9 Å². The molecule has 0 bridgehead atoms. The molecule has 1 amide bonds. The lowest BCUT2D eigenvalue weighted by molar-refractivity contribution is 0.0931. The smallest absolute Gasteiger partial charge is 0.270 e. The zero-order valence-corrected chi connectivity index (χ0v) is 14.6. The highest BCUT2D eigenvalue weighted by Gasteiger charge is 2.19. The third-order valence-corrected chi connectivity index (χ3v) is 4.55. The predicted molar refractivity (Wildman–Crippen MR) is 98.6 cm³/mol. The van der Waals surface area contributed by atoms with Crippen molar-refractivity contribution < 1.29 is 9.53 Å². The van der Waals surface area contributed by atoms with E-state index in [1.165, 1.54) is 18.4 Å². The summed E-state index contributed by atoms with van der Waals surface area (Å²) < 4.78 is 5.34. The van der Waals surface area contributed by atoms with Gasteiger partial charge in [-0.25, -0.2) is 0 Å². The van der Waals surface area contributed by atoms with Crippen LogP contribution in [0.15, 0.2) is 60.3 Å². The number of carbonyl (C=O) groups excluding carboxylic acids is 1. The van der Waals surface area contributed by atoms with Gasteiger partial charge in [-0.05, 0) is 61.9 Å². The molecule has 25 heavy (non-hydrogen) atoms. The number of pyridine rings is 1. The van der Waals surface area contributed by atoms with Crippen LogP contribution in [0.4, 0.5) is 0 Å². The van der Waals surface area contributed by atoms with Crippen LogP contribution in [-0.4, -0.2) is 18.0 Å². The number of aromatic nitrogens is 1. The van der Waals surface area contributed by atoms with E-state index >= 15 is 0 Å². The molecule has 0 fully saturated rings. The summed E-state index contributed by atoms with van der Waals surface area (Å²) in [5.41, 5.74) is 2.91. The number of nitrogens with zero attached hydrogens (tertiary/aromatic N) is 1. The van der Waals surface area contributed by atoms with E-state index in [4.69, 9.17) is 4.74 Å². The van der Waals surface area contributed by atoms with Crippen LogP contribution in [0.3, 0.4) is 0 Å². The van der Waals surface area contributed by atoms with E-state index in [0.29, 0.717) is 5.69 Å². The summed E-state index contributed by atoms with van der Waals surface area (Å²) in [5.74, 6) is 0.650. The number of hydrogen-bond acceptors (Lipinski definition) is 3. The molecule has 4 heteroatoms. The Bertz CT molecular complexity index is 741. The van der Waals surface area contributed by atoms with Crippen molar-refractivity contribution in [3.8, 4) is 5.75 Å². The van der Waals surface area contributed by atoms with E-state index < -0.39 is 0 Å². The number of amides is 1. The Morgan fingerprint density at radius 2 is 2.16 bits per heavy atom. The van der Waals surface area contributed by atoms with Gasteiger partial charge in [-0.2, -0.15) is 0 Å². The first-order valence-electron chi connectivity index (χ1n) is 8.80. The van der Waals surface area contributed by atoms with Crippen LogP contribution in [-0.2, 0) is 0 Å². The van der Waals surface area contributed by atoms with E-state index in [1.54, 1.807) is 19.4 Å². The molecule has 0 aliphatic heterocycles. The molecule has 0 saturated heterocycles. The zero-order valence-electron chi connectivity index (χ0n) is 14.6. The highest BCUT2D eigenvalue weighted by molar-refractivity contribution is 5.92. The second-order valence-corrected chi connectivity index (χ2v) is 6.33. The fourth-order valence-electron chi connectivity index (χ4n) is 3.19. The van der Waals surface area contributed by atoms with Gasteiger partial charge < -0.3 is 10.1 Å². The maximum Gasteiger partial charge on any atom is 0.270 e. The van der Waals surface area contributed by atoms with Crippen LogP contribution in [0, 0.1) is 0 Å². The number of ether oxygens (including phenoxy) is 1. The summed E-state index contributed by atoms with van der Waals surface area (Å²) in [6.45, 7) is 0. The number of rotatable bonds is 6. The average Bonchev–Trinajstić information content (AvgIpc) is 2.69. The predicted octanol–water partition coefficient (Wildman–Crippen LogP) is 4.45. The average molecular weight is 336 g/mol. The minimum Gasteiger partial charge on any atom is -0.497 e. The lowest BCUT2D eigenvalue weighted by Gasteiger charge is -2.23. The maximum atomic E-state index is 12.6. The Labute approximate surface area is 148 Å². The first-order valence-corrected chi connectivity index (χ1v) is 8.80. The molecule has 1 aromatic heterocycles. The minimum absolute atomic E-state index is 0.0889. The molecule has 1 atom stereocenters. The number of hydrogen-bond donors (Lipinski definition) is 1. The highest BCUT2D eigenvalue weighted by atomic mass is 16.5. The molecule has 1 unspecified atom stereocenters. The van der Waals surface area contributed by atoms with E-state index in [0.717, 1.165) is 30.6 Å². The fraction of sp³-hybridized carbons (Fsp3) is 0.333. The first kappa shape index (κ1) is 17.2. The Morgan fingerprint density at radius 1 is 1.24 bits per heavy atom. The van der Waals surface area contributed by atoms with Gasteiger partial charge in [0.25, 0.3) is 5.91 Å². The molecule has 2 aromatic rings. The van der Waals surface area contributed by atoms with Gasteiger partial charge in [0.15, 0.2) is 0 Å². The van der Waals surface area contributed by atoms with Crippen molar-refractivity contribution in [3.05, 3.63) is 71.6 Å². The van der Waals surface area contributed by atoms with Crippen LogP contribution in [0.25, 0.3) is 0 Å². The summed E-state index contributed by atoms with van der Waals surface area (Å²) in [5, 5.41) is 3.15. The lowest BCUT2D eigenvalue weighted by Crippen LogP contribution is -2.29. The molecule has 0 saturated carbocycles. The van der Waals surface area contributed by atoms with Crippen molar-refractivity contribution in [2.75, 3.05) is 7.11 Å². The molecular formula is C21H24N2O2. The molecule has 3 rings (SSSR count). The lowest BCUT2D eigenvalue weighted by atomic mass is 9.91. The largest absolute Gasteiger partial charge is 0.497 e. The third-order valence-electron chi connectivity index (χ3n) is 4.55. The molecule has 0 radical (unpaired) electrons. The summed E-state index contributed by atoms with van der Waals surface area (Å²) >= 11 is 0. The Hall–Kier alpha value is -2.62. The van der Waals surface area contributed by atoms with Crippen molar-refractivity contribution in [2.24, 2.45) is 0 Å². The fourth-order valence-corrected chi connectivity index (χ4v) is 3.19. The molecule has 1 aromatic carbocycles. The summed E-state index contributed by atoms with van der Waals surface area (Å²) in [6.07, 6.45) is 9.52. The third kappa shape index (κ3) is 4.69. The first-order chi connectivity index (χ1) is 12.3. The molecule has 4 nitrogen and oxygen atoms in total. The van der Waals surface area contributed by atoms with E-state index in [9.17, 15) is 4.79 Å². The number of benzene rings is 1. The molecular weight excluding hydrogens is 312 g/mol. The summed E-state index contributed by atoms with van der Waals surface area (Å²) in [7, 11) is 1.66. The maximum absolute atomic E-state index is 12.6. The van der Waals surface area contributed by atoms with Gasteiger partial charge in [-0.15, -0.1) is 0 Å². The van der Waals surface area contributed by atoms with Gasteiger partial charge in [-0.1, -0.05) is 29.8 Å². The molecule has 1 heterocycles. The van der Waals surface area contributed by atoms with Gasteiger partial charge in [0, 0.05) is 6.20 Å². The van der Waals surface area contributed by atoms with Gasteiger partial charge >= 0.3 is 0 Å². The number of nitrogens with one attached hydrogen (secondary N) is 1. The second kappa shape index (κ2) is 8.47. The van der Waals surface area contributed by atoms with Crippen LogP contribution in [0.2, 0.25) is 0 Å². The molecule has 1 aliphatic rings. The number of allylic oxidation sites excluding steroid dienone is 1. The second-order valence-electron chi connectivity index (χ2n) is 6.33. The van der Waals surface area contributed by atoms with E-state index in [2.05, 4.69) is 16.4 Å². The highest BCUT2D eigenvalue weighted by Crippen LogP contribution is 2.29. The van der Waals surface area contributed by atoms with E-state index in [1.807, 2.05) is 36.4 Å². The van der Waals surface area contributed by atoms with Crippen molar-refractivity contribution in [1.82, 2.24) is 10.3 Å². The molecule has 130 valence electrons. The minimum atomic E-state index is -0.148. The van der Waals surface area contributed by atoms with Gasteiger partial charge in [0.2, 0.25) is 0 Å². The van der Waals surface area contributed by atoms with Crippen LogP contribution in [0.5, 0.6) is 5.75 Å². The van der Waals surface area contributed by atoms with Crippen molar-refractivity contribution in [1.29, 1.82) is 0 Å². The number of methoxy groups -OCH3 is 1. The topological polar surface area (TPSA) is 51.2 Å². The summed E-state index contributed by atoms with van der Waals surface area (Å²) in [4.78, 5) is 16.8. The molecule has 1 aliphatic carbocycles. The normalized spacial score (nSPS) is 15.2. The standard InChI is InChI=1S/C21H24N2O2/c1-25-18-11-7-10-17(15-18)20(14-16-8-3-2-4-9-16)23-21(24)19-12-5-6-13-22-19/h5-8,10-13,15,20H,2-4,9,14H2,1H3,(H,23,24). The van der Waals surface area contributed by atoms with Crippen molar-refractivity contribution in [2.45, 2.75) is 38.1 Å². The SMILES string of the molecule is COc1cccc(C(CC2=CCCCC2)NC(=O)c2ccccn2)c1. The zero-order chi connectivity index (χ0) is 17.5. The van der Waals surface area contributed by atoms with Crippen LogP contribution < -0.4 is 10.1 Å². The number of carbonyl (C=O) groups is 1. The van der Waals surface area contributed by atoms with Crippen LogP contribution >= 0.6 is 0 Å². The van der Waals surface area contributed by atoms with Gasteiger partial charge in [0.05, 0.1) is 13.2 Å². The monoisotopic (exact) mass is 336 g/mol. The Balaban J connectivity index is 1.82. The Morgan fingerprint density at radius 3 is 2.88 bits per heavy atom. The Kier molecular flexibility index (Phi) is 5.83. The quantitative estimate of drug-likeness (QED) is 0.793. The molecule has 0 spiro atoms. The van der Waals surface area contributed by atoms with Crippen LogP contribution in [0.1, 0.15) is 54.2 Å². The van der Waals surface area contributed by atoms with Gasteiger partial charge in [-0.3, -0.25) is 9.78 Å². The summed E-state index contributed by atoms with van der Waals surface area (Å²) in [6, 6.07) is 13.2. The van der Waals surface area contributed by atoms with Gasteiger partial charge in [0.1, 0.15) is 11.4 Å². The van der Waals surface area contributed by atoms with Crippen molar-refractivity contribution >= 4 is 5.91 Å². The molecule has 1 N–H and O–H groups in total.